The topological polar surface area (TPSA) is 73.9 Å². The quantitative estimate of drug-likeness (QED) is 0.339. The summed E-state index contributed by atoms with van der Waals surface area (Å²) in [5, 5.41) is 3.69. The van der Waals surface area contributed by atoms with Gasteiger partial charge in [0, 0.05) is 15.1 Å². The highest BCUT2D eigenvalue weighted by molar-refractivity contribution is 6.32. The summed E-state index contributed by atoms with van der Waals surface area (Å²) in [6, 6.07) is 13.6. The van der Waals surface area contributed by atoms with Crippen molar-refractivity contribution in [3.8, 4) is 17.2 Å². The Hall–Kier alpha value is -2.93. The maximum absolute atomic E-state index is 12.8. The lowest BCUT2D eigenvalue weighted by atomic mass is 10.1. The monoisotopic (exact) mass is 479 g/mol. The number of halogens is 3. The van der Waals surface area contributed by atoms with Crippen molar-refractivity contribution in [1.82, 2.24) is 0 Å². The van der Waals surface area contributed by atoms with E-state index in [1.54, 1.807) is 24.3 Å². The zero-order valence-corrected chi connectivity index (χ0v) is 18.6. The van der Waals surface area contributed by atoms with Gasteiger partial charge in [0.25, 0.3) is 5.91 Å². The van der Waals surface area contributed by atoms with Crippen molar-refractivity contribution >= 4 is 52.4 Å². The van der Waals surface area contributed by atoms with E-state index in [-0.39, 0.29) is 28.3 Å². The Morgan fingerprint density at radius 2 is 1.19 bits per heavy atom. The van der Waals surface area contributed by atoms with Crippen LogP contribution in [-0.2, 0) is 0 Å². The van der Waals surface area contributed by atoms with Crippen LogP contribution in [0.2, 0.25) is 15.1 Å². The number of carbonyl (C=O) groups excluding carboxylic acids is 2. The second-order valence-electron chi connectivity index (χ2n) is 6.17. The maximum atomic E-state index is 12.8. The van der Waals surface area contributed by atoms with Crippen LogP contribution in [0.5, 0.6) is 17.2 Å². The molecule has 0 heterocycles. The predicted molar refractivity (Wildman–Crippen MR) is 120 cm³/mol. The van der Waals surface area contributed by atoms with Crippen LogP contribution in [-0.4, -0.2) is 26.1 Å². The number of ether oxygens (including phenoxy) is 3. The van der Waals surface area contributed by atoms with Gasteiger partial charge in [0.2, 0.25) is 0 Å². The van der Waals surface area contributed by atoms with E-state index in [2.05, 4.69) is 5.32 Å². The standard InChI is InChI=1S/C22H16Cl3NO5/c1-29-18-6-3-12(23)9-15(18)21(27)26-17-11-14(25)5-8-20(17)31-22(28)16-10-13(24)4-7-19(16)30-2/h3-11H,1-2H3,(H,26,27). The molecular weight excluding hydrogens is 465 g/mol. The molecule has 1 N–H and O–H groups in total. The van der Waals surface area contributed by atoms with Crippen LogP contribution in [0.1, 0.15) is 20.7 Å². The van der Waals surface area contributed by atoms with Crippen molar-refractivity contribution < 1.29 is 23.8 Å². The molecule has 0 bridgehead atoms. The van der Waals surface area contributed by atoms with Crippen molar-refractivity contribution in [3.63, 3.8) is 0 Å². The van der Waals surface area contributed by atoms with E-state index in [9.17, 15) is 9.59 Å². The summed E-state index contributed by atoms with van der Waals surface area (Å²) in [5.74, 6) is -0.564. The van der Waals surface area contributed by atoms with E-state index >= 15 is 0 Å². The number of hydrogen-bond acceptors (Lipinski definition) is 5. The Morgan fingerprint density at radius 3 is 1.77 bits per heavy atom. The van der Waals surface area contributed by atoms with E-state index in [0.717, 1.165) is 0 Å². The van der Waals surface area contributed by atoms with Crippen molar-refractivity contribution in [2.75, 3.05) is 19.5 Å². The summed E-state index contributed by atoms with van der Waals surface area (Å²) in [5.41, 5.74) is 0.497. The van der Waals surface area contributed by atoms with Crippen LogP contribution < -0.4 is 19.5 Å². The van der Waals surface area contributed by atoms with Gasteiger partial charge in [-0.05, 0) is 54.6 Å². The lowest BCUT2D eigenvalue weighted by Crippen LogP contribution is -2.16. The molecule has 0 saturated heterocycles. The number of hydrogen-bond donors (Lipinski definition) is 1. The summed E-state index contributed by atoms with van der Waals surface area (Å²) in [7, 11) is 2.86. The summed E-state index contributed by atoms with van der Waals surface area (Å²) in [4.78, 5) is 25.6. The van der Waals surface area contributed by atoms with Gasteiger partial charge in [-0.3, -0.25) is 4.79 Å². The predicted octanol–water partition coefficient (Wildman–Crippen LogP) is 6.14. The highest BCUT2D eigenvalue weighted by atomic mass is 35.5. The molecule has 1 amide bonds. The smallest absolute Gasteiger partial charge is 0.347 e. The fourth-order valence-corrected chi connectivity index (χ4v) is 3.25. The Kier molecular flexibility index (Phi) is 7.28. The van der Waals surface area contributed by atoms with E-state index in [0.29, 0.717) is 20.8 Å². The van der Waals surface area contributed by atoms with Gasteiger partial charge in [0.1, 0.15) is 17.1 Å². The average Bonchev–Trinajstić information content (AvgIpc) is 2.75. The molecule has 3 aromatic carbocycles. The number of amides is 1. The molecule has 3 aromatic rings. The normalized spacial score (nSPS) is 10.4. The number of carbonyl (C=O) groups is 2. The van der Waals surface area contributed by atoms with E-state index in [1.165, 1.54) is 44.6 Å². The number of esters is 1. The SMILES string of the molecule is COc1ccc(Cl)cc1C(=O)Nc1cc(Cl)ccc1OC(=O)c1cc(Cl)ccc1OC. The number of rotatable bonds is 6. The van der Waals surface area contributed by atoms with Crippen molar-refractivity contribution in [1.29, 1.82) is 0 Å². The van der Waals surface area contributed by atoms with Crippen molar-refractivity contribution in [2.24, 2.45) is 0 Å². The van der Waals surface area contributed by atoms with Gasteiger partial charge < -0.3 is 19.5 Å². The van der Waals surface area contributed by atoms with E-state index in [1.807, 2.05) is 0 Å². The molecule has 0 aromatic heterocycles. The molecule has 0 aliphatic rings. The van der Waals surface area contributed by atoms with E-state index in [4.69, 9.17) is 49.0 Å². The Bertz CT molecular complexity index is 1150. The van der Waals surface area contributed by atoms with Crippen LogP contribution in [0.3, 0.4) is 0 Å². The minimum atomic E-state index is -0.725. The number of methoxy groups -OCH3 is 2. The Labute approximate surface area is 193 Å². The van der Waals surface area contributed by atoms with Crippen LogP contribution in [0.25, 0.3) is 0 Å². The highest BCUT2D eigenvalue weighted by Crippen LogP contribution is 2.32. The molecule has 0 aliphatic carbocycles. The third kappa shape index (κ3) is 5.41. The summed E-state index contributed by atoms with van der Waals surface area (Å²) >= 11 is 18.1. The lowest BCUT2D eigenvalue weighted by molar-refractivity contribution is 0.0731. The molecule has 0 saturated carbocycles. The van der Waals surface area contributed by atoms with Crippen LogP contribution in [0.4, 0.5) is 5.69 Å². The number of nitrogens with one attached hydrogen (secondary N) is 1. The first-order valence-corrected chi connectivity index (χ1v) is 9.96. The molecule has 6 nitrogen and oxygen atoms in total. The Morgan fingerprint density at radius 1 is 0.710 bits per heavy atom. The van der Waals surface area contributed by atoms with E-state index < -0.39 is 11.9 Å². The van der Waals surface area contributed by atoms with Crippen LogP contribution >= 0.6 is 34.8 Å². The molecule has 0 unspecified atom stereocenters. The van der Waals surface area contributed by atoms with Gasteiger partial charge in [-0.1, -0.05) is 34.8 Å². The zero-order valence-electron chi connectivity index (χ0n) is 16.4. The zero-order chi connectivity index (χ0) is 22.5. The first kappa shape index (κ1) is 22.7. The fraction of sp³-hybridized carbons (Fsp3) is 0.0909. The molecular formula is C22H16Cl3NO5. The van der Waals surface area contributed by atoms with Gasteiger partial charge in [0.05, 0.1) is 25.5 Å². The molecule has 0 radical (unpaired) electrons. The second-order valence-corrected chi connectivity index (χ2v) is 7.48. The first-order valence-electron chi connectivity index (χ1n) is 8.82. The van der Waals surface area contributed by atoms with Gasteiger partial charge in [-0.2, -0.15) is 0 Å². The Balaban J connectivity index is 1.91. The summed E-state index contributed by atoms with van der Waals surface area (Å²) in [6.07, 6.45) is 0. The molecule has 3 rings (SSSR count). The minimum absolute atomic E-state index is 0.0748. The van der Waals surface area contributed by atoms with Gasteiger partial charge in [0.15, 0.2) is 5.75 Å². The van der Waals surface area contributed by atoms with Crippen molar-refractivity contribution in [3.05, 3.63) is 80.8 Å². The van der Waals surface area contributed by atoms with Gasteiger partial charge >= 0.3 is 5.97 Å². The van der Waals surface area contributed by atoms with Crippen LogP contribution in [0.15, 0.2) is 54.6 Å². The largest absolute Gasteiger partial charge is 0.496 e. The lowest BCUT2D eigenvalue weighted by Gasteiger charge is -2.14. The van der Waals surface area contributed by atoms with Gasteiger partial charge in [-0.25, -0.2) is 4.79 Å². The molecule has 9 heteroatoms. The van der Waals surface area contributed by atoms with Crippen molar-refractivity contribution in [2.45, 2.75) is 0 Å². The number of benzene rings is 3. The second kappa shape index (κ2) is 9.92. The third-order valence-corrected chi connectivity index (χ3v) is 4.89. The third-order valence-electron chi connectivity index (χ3n) is 4.18. The molecule has 160 valence electrons. The maximum Gasteiger partial charge on any atom is 0.347 e. The van der Waals surface area contributed by atoms with Crippen LogP contribution in [0, 0.1) is 0 Å². The minimum Gasteiger partial charge on any atom is -0.496 e. The highest BCUT2D eigenvalue weighted by Gasteiger charge is 2.20. The molecule has 0 aliphatic heterocycles. The average molecular weight is 481 g/mol. The summed E-state index contributed by atoms with van der Waals surface area (Å²) < 4.78 is 15.9. The molecule has 0 atom stereocenters. The fourth-order valence-electron chi connectivity index (χ4n) is 2.73. The molecule has 0 spiro atoms. The molecule has 31 heavy (non-hydrogen) atoms. The van der Waals surface area contributed by atoms with Gasteiger partial charge in [-0.15, -0.1) is 0 Å². The number of anilines is 1. The molecule has 0 fully saturated rings. The summed E-state index contributed by atoms with van der Waals surface area (Å²) in [6.45, 7) is 0. The first-order chi connectivity index (χ1) is 14.8.